The van der Waals surface area contributed by atoms with E-state index in [2.05, 4.69) is 64.6 Å². The molecule has 0 radical (unpaired) electrons. The number of nitrogens with zero attached hydrogens (tertiary/aromatic N) is 3. The zero-order chi connectivity index (χ0) is 19.3. The van der Waals surface area contributed by atoms with Crippen LogP contribution in [0, 0.1) is 6.92 Å². The minimum Gasteiger partial charge on any atom is -0.301 e. The molecule has 0 unspecified atom stereocenters. The van der Waals surface area contributed by atoms with Gasteiger partial charge in [-0.1, -0.05) is 29.8 Å². The second-order valence-electron chi connectivity index (χ2n) is 7.28. The number of amides is 1. The molecule has 0 bridgehead atoms. The lowest BCUT2D eigenvalue weighted by Gasteiger charge is -2.32. The summed E-state index contributed by atoms with van der Waals surface area (Å²) in [7, 11) is 0. The van der Waals surface area contributed by atoms with Gasteiger partial charge in [0.05, 0.1) is 12.2 Å². The number of benzene rings is 1. The van der Waals surface area contributed by atoms with Crippen molar-refractivity contribution in [1.29, 1.82) is 0 Å². The van der Waals surface area contributed by atoms with Crippen LogP contribution in [0.4, 0.5) is 5.13 Å². The third kappa shape index (κ3) is 4.64. The molecule has 1 aliphatic heterocycles. The van der Waals surface area contributed by atoms with Gasteiger partial charge in [0, 0.05) is 35.3 Å². The smallest absolute Gasteiger partial charge is 0.240 e. The number of rotatable bonds is 5. The highest BCUT2D eigenvalue weighted by Crippen LogP contribution is 2.28. The van der Waals surface area contributed by atoms with Crippen LogP contribution in [-0.4, -0.2) is 40.4 Å². The van der Waals surface area contributed by atoms with E-state index in [-0.39, 0.29) is 5.91 Å². The van der Waals surface area contributed by atoms with Crippen molar-refractivity contribution >= 4 is 22.4 Å². The fourth-order valence-electron chi connectivity index (χ4n) is 3.73. The van der Waals surface area contributed by atoms with Crippen LogP contribution in [0.5, 0.6) is 0 Å². The van der Waals surface area contributed by atoms with Gasteiger partial charge in [0.2, 0.25) is 5.91 Å². The second-order valence-corrected chi connectivity index (χ2v) is 8.17. The average Bonchev–Trinajstić information content (AvgIpc) is 3.21. The van der Waals surface area contributed by atoms with E-state index < -0.39 is 0 Å². The molecule has 28 heavy (non-hydrogen) atoms. The van der Waals surface area contributed by atoms with E-state index in [1.165, 1.54) is 16.9 Å². The number of anilines is 1. The molecule has 3 heterocycles. The van der Waals surface area contributed by atoms with E-state index in [9.17, 15) is 4.79 Å². The lowest BCUT2D eigenvalue weighted by Crippen LogP contribution is -2.40. The first-order chi connectivity index (χ1) is 13.7. The minimum absolute atomic E-state index is 0.00271. The third-order valence-electron chi connectivity index (χ3n) is 5.05. The molecule has 144 valence electrons. The van der Waals surface area contributed by atoms with Crippen molar-refractivity contribution in [3.63, 3.8) is 0 Å². The number of thiazole rings is 1. The normalized spacial score (nSPS) is 17.4. The van der Waals surface area contributed by atoms with Gasteiger partial charge < -0.3 is 5.32 Å². The highest BCUT2D eigenvalue weighted by Gasteiger charge is 2.24. The maximum absolute atomic E-state index is 12.3. The fourth-order valence-corrected chi connectivity index (χ4v) is 4.28. The van der Waals surface area contributed by atoms with Gasteiger partial charge in [-0.25, -0.2) is 4.98 Å². The summed E-state index contributed by atoms with van der Waals surface area (Å²) in [6.45, 7) is 4.30. The quantitative estimate of drug-likeness (QED) is 0.702. The SMILES string of the molecule is Cc1cccc(-c2cccc([C@H]3CCCN(CC(=O)Nc4nccs4)C3)n2)c1. The second kappa shape index (κ2) is 8.63. The Morgan fingerprint density at radius 2 is 2.18 bits per heavy atom. The van der Waals surface area contributed by atoms with E-state index >= 15 is 0 Å². The molecule has 1 fully saturated rings. The molecule has 0 spiro atoms. The maximum Gasteiger partial charge on any atom is 0.240 e. The molecule has 1 saturated heterocycles. The lowest BCUT2D eigenvalue weighted by atomic mass is 9.93. The van der Waals surface area contributed by atoms with Crippen LogP contribution in [0.3, 0.4) is 0 Å². The third-order valence-corrected chi connectivity index (χ3v) is 5.74. The molecule has 1 atom stereocenters. The molecule has 6 heteroatoms. The van der Waals surface area contributed by atoms with Gasteiger partial charge in [0.25, 0.3) is 0 Å². The maximum atomic E-state index is 12.3. The summed E-state index contributed by atoms with van der Waals surface area (Å²) in [4.78, 5) is 23.6. The van der Waals surface area contributed by atoms with Gasteiger partial charge in [-0.2, -0.15) is 0 Å². The van der Waals surface area contributed by atoms with Crippen molar-refractivity contribution in [2.75, 3.05) is 25.0 Å². The summed E-state index contributed by atoms with van der Waals surface area (Å²) in [6.07, 6.45) is 3.88. The van der Waals surface area contributed by atoms with Crippen LogP contribution in [0.25, 0.3) is 11.3 Å². The summed E-state index contributed by atoms with van der Waals surface area (Å²) >= 11 is 1.44. The molecule has 4 rings (SSSR count). The molecule has 0 saturated carbocycles. The van der Waals surface area contributed by atoms with Crippen LogP contribution in [0.2, 0.25) is 0 Å². The largest absolute Gasteiger partial charge is 0.301 e. The van der Waals surface area contributed by atoms with E-state index in [0.717, 1.165) is 42.9 Å². The predicted octanol–water partition coefficient (Wildman–Crippen LogP) is 4.33. The number of carbonyl (C=O) groups excluding carboxylic acids is 1. The molecule has 1 amide bonds. The number of likely N-dealkylation sites (tertiary alicyclic amines) is 1. The summed E-state index contributed by atoms with van der Waals surface area (Å²) in [5.41, 5.74) is 4.51. The Kier molecular flexibility index (Phi) is 5.78. The van der Waals surface area contributed by atoms with Gasteiger partial charge in [-0.05, 0) is 44.5 Å². The Balaban J connectivity index is 1.43. The molecule has 1 aliphatic rings. The zero-order valence-electron chi connectivity index (χ0n) is 16.0. The van der Waals surface area contributed by atoms with Gasteiger partial charge in [0.1, 0.15) is 0 Å². The Labute approximate surface area is 169 Å². The first-order valence-electron chi connectivity index (χ1n) is 9.63. The van der Waals surface area contributed by atoms with Crippen LogP contribution in [0.15, 0.2) is 54.0 Å². The van der Waals surface area contributed by atoms with Gasteiger partial charge in [-0.15, -0.1) is 11.3 Å². The Morgan fingerprint density at radius 3 is 3.00 bits per heavy atom. The lowest BCUT2D eigenvalue weighted by molar-refractivity contribution is -0.117. The highest BCUT2D eigenvalue weighted by atomic mass is 32.1. The van der Waals surface area contributed by atoms with Crippen molar-refractivity contribution in [3.8, 4) is 11.3 Å². The molecule has 0 aliphatic carbocycles. The van der Waals surface area contributed by atoms with E-state index in [4.69, 9.17) is 4.98 Å². The predicted molar refractivity (Wildman–Crippen MR) is 114 cm³/mol. The number of aryl methyl sites for hydroxylation is 1. The topological polar surface area (TPSA) is 58.1 Å². The van der Waals surface area contributed by atoms with Crippen molar-refractivity contribution < 1.29 is 4.79 Å². The van der Waals surface area contributed by atoms with E-state index in [0.29, 0.717) is 17.6 Å². The van der Waals surface area contributed by atoms with Crippen molar-refractivity contribution in [1.82, 2.24) is 14.9 Å². The standard InChI is InChI=1S/C22H24N4OS/c1-16-5-2-6-17(13-16)19-8-3-9-20(24-19)18-7-4-11-26(14-18)15-21(27)25-22-23-10-12-28-22/h2-3,5-6,8-10,12-13,18H,4,7,11,14-15H2,1H3,(H,23,25,27)/t18-/m0/s1. The summed E-state index contributed by atoms with van der Waals surface area (Å²) in [5.74, 6) is 0.350. The molecular formula is C22H24N4OS. The minimum atomic E-state index is -0.00271. The number of aromatic nitrogens is 2. The van der Waals surface area contributed by atoms with E-state index in [1.54, 1.807) is 6.20 Å². The number of pyridine rings is 1. The molecule has 1 aromatic carbocycles. The van der Waals surface area contributed by atoms with Crippen LogP contribution >= 0.6 is 11.3 Å². The fraction of sp³-hybridized carbons (Fsp3) is 0.318. The monoisotopic (exact) mass is 392 g/mol. The first kappa shape index (κ1) is 18.8. The molecule has 2 aromatic heterocycles. The number of hydrogen-bond acceptors (Lipinski definition) is 5. The molecule has 1 N–H and O–H groups in total. The highest BCUT2D eigenvalue weighted by molar-refractivity contribution is 7.13. The van der Waals surface area contributed by atoms with Crippen LogP contribution in [0.1, 0.15) is 30.0 Å². The molecule has 3 aromatic rings. The molecular weight excluding hydrogens is 368 g/mol. The first-order valence-corrected chi connectivity index (χ1v) is 10.5. The van der Waals surface area contributed by atoms with Crippen LogP contribution in [-0.2, 0) is 4.79 Å². The number of piperidine rings is 1. The number of nitrogens with one attached hydrogen (secondary N) is 1. The van der Waals surface area contributed by atoms with Crippen LogP contribution < -0.4 is 5.32 Å². The summed E-state index contributed by atoms with van der Waals surface area (Å²) in [5, 5.41) is 5.39. The van der Waals surface area contributed by atoms with Crippen molar-refractivity contribution in [3.05, 3.63) is 65.3 Å². The Bertz CT molecular complexity index is 941. The van der Waals surface area contributed by atoms with Gasteiger partial charge >= 0.3 is 0 Å². The molecule has 5 nitrogen and oxygen atoms in total. The number of hydrogen-bond donors (Lipinski definition) is 1. The average molecular weight is 393 g/mol. The van der Waals surface area contributed by atoms with Crippen molar-refractivity contribution in [2.24, 2.45) is 0 Å². The Hall–Kier alpha value is -2.57. The van der Waals surface area contributed by atoms with E-state index in [1.807, 2.05) is 5.38 Å². The van der Waals surface area contributed by atoms with Crippen molar-refractivity contribution in [2.45, 2.75) is 25.7 Å². The summed E-state index contributed by atoms with van der Waals surface area (Å²) in [6, 6.07) is 14.7. The summed E-state index contributed by atoms with van der Waals surface area (Å²) < 4.78 is 0. The number of carbonyl (C=O) groups is 1. The van der Waals surface area contributed by atoms with Gasteiger partial charge in [0.15, 0.2) is 5.13 Å². The van der Waals surface area contributed by atoms with Gasteiger partial charge in [-0.3, -0.25) is 14.7 Å². The zero-order valence-corrected chi connectivity index (χ0v) is 16.8. The Morgan fingerprint density at radius 1 is 1.29 bits per heavy atom.